The highest BCUT2D eigenvalue weighted by Gasteiger charge is 2.17. The fourth-order valence-electron chi connectivity index (χ4n) is 2.45. The lowest BCUT2D eigenvalue weighted by atomic mass is 10.1. The second-order valence-electron chi connectivity index (χ2n) is 6.06. The van der Waals surface area contributed by atoms with Crippen molar-refractivity contribution in [3.8, 4) is 5.75 Å². The number of benzene rings is 2. The van der Waals surface area contributed by atoms with Crippen molar-refractivity contribution in [2.45, 2.75) is 20.8 Å². The van der Waals surface area contributed by atoms with Crippen LogP contribution in [0.15, 0.2) is 42.5 Å². The first-order chi connectivity index (χ1) is 11.7. The van der Waals surface area contributed by atoms with E-state index in [1.165, 1.54) is 11.2 Å². The summed E-state index contributed by atoms with van der Waals surface area (Å²) in [7, 11) is -3.46. The molecule has 2 aromatic carbocycles. The van der Waals surface area contributed by atoms with Crippen LogP contribution in [0.1, 0.15) is 28.4 Å². The molecular formula is C19H23NO4S. The van der Waals surface area contributed by atoms with Crippen LogP contribution in [-0.4, -0.2) is 33.6 Å². The molecule has 0 saturated carbocycles. The Kier molecular flexibility index (Phi) is 5.85. The van der Waals surface area contributed by atoms with Gasteiger partial charge in [0.15, 0.2) is 5.78 Å². The molecule has 0 aliphatic rings. The van der Waals surface area contributed by atoms with E-state index in [0.29, 0.717) is 11.3 Å². The van der Waals surface area contributed by atoms with Crippen LogP contribution in [0, 0.1) is 13.8 Å². The second kappa shape index (κ2) is 7.70. The maximum atomic E-state index is 12.1. The highest BCUT2D eigenvalue weighted by atomic mass is 32.2. The molecule has 0 aliphatic carbocycles. The summed E-state index contributed by atoms with van der Waals surface area (Å²) in [4.78, 5) is 11.4. The van der Waals surface area contributed by atoms with E-state index in [1.807, 2.05) is 32.0 Å². The number of anilines is 1. The van der Waals surface area contributed by atoms with Crippen LogP contribution in [0.4, 0.5) is 5.69 Å². The van der Waals surface area contributed by atoms with Gasteiger partial charge in [-0.15, -0.1) is 0 Å². The van der Waals surface area contributed by atoms with E-state index in [-0.39, 0.29) is 18.9 Å². The number of aryl methyl sites for hydroxylation is 2. The summed E-state index contributed by atoms with van der Waals surface area (Å²) in [5.74, 6) is 0.691. The maximum Gasteiger partial charge on any atom is 0.232 e. The van der Waals surface area contributed by atoms with Crippen molar-refractivity contribution in [1.82, 2.24) is 0 Å². The number of sulfonamides is 1. The number of nitrogens with zero attached hydrogens (tertiary/aromatic N) is 1. The van der Waals surface area contributed by atoms with Crippen molar-refractivity contribution >= 4 is 21.5 Å². The highest BCUT2D eigenvalue weighted by Crippen LogP contribution is 2.21. The molecule has 0 atom stereocenters. The van der Waals surface area contributed by atoms with Gasteiger partial charge in [0.2, 0.25) is 10.0 Å². The molecule has 0 unspecified atom stereocenters. The number of rotatable bonds is 7. The van der Waals surface area contributed by atoms with Crippen molar-refractivity contribution in [3.05, 3.63) is 59.2 Å². The van der Waals surface area contributed by atoms with Crippen LogP contribution in [0.2, 0.25) is 0 Å². The predicted octanol–water partition coefficient (Wildman–Crippen LogP) is 3.35. The summed E-state index contributed by atoms with van der Waals surface area (Å²) in [6.45, 7) is 5.81. The molecule has 0 fully saturated rings. The van der Waals surface area contributed by atoms with Gasteiger partial charge in [-0.25, -0.2) is 8.42 Å². The van der Waals surface area contributed by atoms with Gasteiger partial charge >= 0.3 is 0 Å². The zero-order valence-corrected chi connectivity index (χ0v) is 15.8. The Balaban J connectivity index is 2.13. The third-order valence-corrected chi connectivity index (χ3v) is 5.05. The molecule has 5 nitrogen and oxygen atoms in total. The number of ether oxygens (including phenoxy) is 1. The summed E-state index contributed by atoms with van der Waals surface area (Å²) in [5.41, 5.74) is 3.14. The maximum absolute atomic E-state index is 12.1. The van der Waals surface area contributed by atoms with Crippen molar-refractivity contribution in [1.29, 1.82) is 0 Å². The first-order valence-electron chi connectivity index (χ1n) is 7.97. The van der Waals surface area contributed by atoms with Crippen molar-refractivity contribution < 1.29 is 17.9 Å². The summed E-state index contributed by atoms with van der Waals surface area (Å²) in [6, 6.07) is 12.4. The molecular weight excluding hydrogens is 338 g/mol. The Morgan fingerprint density at radius 3 is 2.28 bits per heavy atom. The van der Waals surface area contributed by atoms with Gasteiger partial charge in [-0.05, 0) is 62.2 Å². The monoisotopic (exact) mass is 361 g/mol. The SMILES string of the molecule is CC(=O)c1ccc(N(CCOc2cc(C)ccc2C)S(C)(=O)=O)cc1. The van der Waals surface area contributed by atoms with Gasteiger partial charge in [0.1, 0.15) is 12.4 Å². The summed E-state index contributed by atoms with van der Waals surface area (Å²) in [6.07, 6.45) is 1.16. The van der Waals surface area contributed by atoms with E-state index >= 15 is 0 Å². The lowest BCUT2D eigenvalue weighted by molar-refractivity contribution is 0.101. The zero-order valence-electron chi connectivity index (χ0n) is 14.9. The van der Waals surface area contributed by atoms with E-state index in [2.05, 4.69) is 0 Å². The number of Topliss-reactive ketones (excluding diaryl/α,β-unsaturated/α-hetero) is 1. The first kappa shape index (κ1) is 19.0. The molecule has 0 aliphatic heterocycles. The lowest BCUT2D eigenvalue weighted by Gasteiger charge is -2.23. The summed E-state index contributed by atoms with van der Waals surface area (Å²) in [5, 5.41) is 0. The first-order valence-corrected chi connectivity index (χ1v) is 9.82. The molecule has 2 aromatic rings. The summed E-state index contributed by atoms with van der Waals surface area (Å²) < 4.78 is 31.3. The van der Waals surface area contributed by atoms with E-state index < -0.39 is 10.0 Å². The number of carbonyl (C=O) groups is 1. The Bertz CT molecular complexity index is 857. The van der Waals surface area contributed by atoms with Gasteiger partial charge in [-0.3, -0.25) is 9.10 Å². The molecule has 0 radical (unpaired) electrons. The van der Waals surface area contributed by atoms with Crippen LogP contribution in [0.5, 0.6) is 5.75 Å². The number of ketones is 1. The van der Waals surface area contributed by atoms with Gasteiger partial charge in [-0.2, -0.15) is 0 Å². The third kappa shape index (κ3) is 5.06. The van der Waals surface area contributed by atoms with Gasteiger partial charge in [-0.1, -0.05) is 12.1 Å². The Hall–Kier alpha value is -2.34. The van der Waals surface area contributed by atoms with E-state index in [9.17, 15) is 13.2 Å². The molecule has 6 heteroatoms. The smallest absolute Gasteiger partial charge is 0.232 e. The van der Waals surface area contributed by atoms with Crippen LogP contribution in [0.3, 0.4) is 0 Å². The average molecular weight is 361 g/mol. The van der Waals surface area contributed by atoms with Gasteiger partial charge in [0.25, 0.3) is 0 Å². The van der Waals surface area contributed by atoms with E-state index in [4.69, 9.17) is 4.74 Å². The fourth-order valence-corrected chi connectivity index (χ4v) is 3.36. The second-order valence-corrected chi connectivity index (χ2v) is 7.96. The normalized spacial score (nSPS) is 11.2. The summed E-state index contributed by atoms with van der Waals surface area (Å²) >= 11 is 0. The third-order valence-electron chi connectivity index (χ3n) is 3.86. The molecule has 0 aromatic heterocycles. The number of hydrogen-bond acceptors (Lipinski definition) is 4. The van der Waals surface area contributed by atoms with Gasteiger partial charge in [0.05, 0.1) is 18.5 Å². The molecule has 2 rings (SSSR count). The predicted molar refractivity (Wildman–Crippen MR) is 100 cm³/mol. The van der Waals surface area contributed by atoms with Crippen LogP contribution < -0.4 is 9.04 Å². The quantitative estimate of drug-likeness (QED) is 0.710. The minimum absolute atomic E-state index is 0.0595. The molecule has 25 heavy (non-hydrogen) atoms. The lowest BCUT2D eigenvalue weighted by Crippen LogP contribution is -2.33. The zero-order chi connectivity index (χ0) is 18.6. The molecule has 0 N–H and O–H groups in total. The largest absolute Gasteiger partial charge is 0.491 e. The van der Waals surface area contributed by atoms with Crippen LogP contribution >= 0.6 is 0 Å². The number of hydrogen-bond donors (Lipinski definition) is 0. The number of carbonyl (C=O) groups excluding carboxylic acids is 1. The molecule has 0 amide bonds. The van der Waals surface area contributed by atoms with Crippen molar-refractivity contribution in [3.63, 3.8) is 0 Å². The fraction of sp³-hybridized carbons (Fsp3) is 0.316. The van der Waals surface area contributed by atoms with E-state index in [1.54, 1.807) is 24.3 Å². The van der Waals surface area contributed by atoms with Gasteiger partial charge < -0.3 is 4.74 Å². The molecule has 134 valence electrons. The molecule has 0 spiro atoms. The molecule has 0 saturated heterocycles. The molecule has 0 bridgehead atoms. The van der Waals surface area contributed by atoms with Crippen molar-refractivity contribution in [2.75, 3.05) is 23.7 Å². The van der Waals surface area contributed by atoms with Gasteiger partial charge in [0, 0.05) is 5.56 Å². The topological polar surface area (TPSA) is 63.7 Å². The van der Waals surface area contributed by atoms with Crippen LogP contribution in [0.25, 0.3) is 0 Å². The standard InChI is InChI=1S/C19H23NO4S/c1-14-5-6-15(2)19(13-14)24-12-11-20(25(4,22)23)18-9-7-17(8-10-18)16(3)21/h5-10,13H,11-12H2,1-4H3. The Morgan fingerprint density at radius 1 is 1.08 bits per heavy atom. The minimum atomic E-state index is -3.46. The highest BCUT2D eigenvalue weighted by molar-refractivity contribution is 7.92. The average Bonchev–Trinajstić information content (AvgIpc) is 2.53. The van der Waals surface area contributed by atoms with Crippen molar-refractivity contribution in [2.24, 2.45) is 0 Å². The Labute approximate surface area is 149 Å². The minimum Gasteiger partial charge on any atom is -0.491 e. The molecule has 0 heterocycles. The van der Waals surface area contributed by atoms with Crippen LogP contribution in [-0.2, 0) is 10.0 Å². The Morgan fingerprint density at radius 2 is 1.72 bits per heavy atom. The van der Waals surface area contributed by atoms with E-state index in [0.717, 1.165) is 23.1 Å².